The summed E-state index contributed by atoms with van der Waals surface area (Å²) in [5.41, 5.74) is 0.0120. The predicted molar refractivity (Wildman–Crippen MR) is 107 cm³/mol. The number of carbonyl (C=O) groups is 3. The Labute approximate surface area is 169 Å². The summed E-state index contributed by atoms with van der Waals surface area (Å²) in [6, 6.07) is 9.19. The number of esters is 2. The maximum absolute atomic E-state index is 12.8. The molecule has 0 saturated carbocycles. The molecule has 0 aromatic heterocycles. The topological polar surface area (TPSA) is 102 Å². The maximum Gasteiger partial charge on any atom is 0.340 e. The van der Waals surface area contributed by atoms with Crippen LogP contribution in [0, 0.1) is 5.41 Å². The monoisotopic (exact) mass is 399 g/mol. The van der Waals surface area contributed by atoms with Gasteiger partial charge in [0.15, 0.2) is 5.78 Å². The number of aliphatic imine (C=N–C) groups is 1. The van der Waals surface area contributed by atoms with Gasteiger partial charge in [0.2, 0.25) is 0 Å². The summed E-state index contributed by atoms with van der Waals surface area (Å²) in [5.74, 6) is -2.19. The summed E-state index contributed by atoms with van der Waals surface area (Å²) in [6.45, 7) is 3.87. The Morgan fingerprint density at radius 2 is 1.79 bits per heavy atom. The quantitative estimate of drug-likeness (QED) is 0.448. The number of allylic oxidation sites excluding steroid dienone is 2. The Morgan fingerprint density at radius 3 is 2.34 bits per heavy atom. The van der Waals surface area contributed by atoms with Crippen LogP contribution in [0.3, 0.4) is 0 Å². The van der Waals surface area contributed by atoms with Crippen LogP contribution in [0.15, 0.2) is 58.3 Å². The van der Waals surface area contributed by atoms with Crippen molar-refractivity contribution < 1.29 is 29.0 Å². The molecule has 0 unspecified atom stereocenters. The molecule has 0 fully saturated rings. The average molecular weight is 399 g/mol. The van der Waals surface area contributed by atoms with Gasteiger partial charge in [-0.05, 0) is 11.0 Å². The summed E-state index contributed by atoms with van der Waals surface area (Å²) in [5, 5.41) is 10.6. The number of carbonyl (C=O) groups excluding carboxylic acids is 3. The predicted octanol–water partition coefficient (Wildman–Crippen LogP) is 3.10. The van der Waals surface area contributed by atoms with Crippen LogP contribution in [-0.4, -0.2) is 42.8 Å². The van der Waals surface area contributed by atoms with Gasteiger partial charge in [-0.15, -0.1) is 0 Å². The Bertz CT molecular complexity index is 893. The summed E-state index contributed by atoms with van der Waals surface area (Å²) in [7, 11) is 2.32. The number of benzene rings is 1. The smallest absolute Gasteiger partial charge is 0.340 e. The van der Waals surface area contributed by atoms with E-state index in [-0.39, 0.29) is 47.8 Å². The molecule has 1 aromatic carbocycles. The Kier molecular flexibility index (Phi) is 7.09. The van der Waals surface area contributed by atoms with Crippen LogP contribution >= 0.6 is 0 Å². The average Bonchev–Trinajstić information content (AvgIpc) is 2.67. The lowest BCUT2D eigenvalue weighted by molar-refractivity contribution is -0.138. The first kappa shape index (κ1) is 22.1. The summed E-state index contributed by atoms with van der Waals surface area (Å²) in [4.78, 5) is 41.5. The second-order valence-corrected chi connectivity index (χ2v) is 7.49. The molecule has 1 aliphatic rings. The second kappa shape index (κ2) is 9.32. The number of rotatable bonds is 6. The SMILES string of the molecule is COC(=O)/C=C(/C(=O)OC)C(=NCc1ccccc1)C1=C(O)CC(C)(C)CC1=O. The van der Waals surface area contributed by atoms with Crippen molar-refractivity contribution in [2.75, 3.05) is 14.2 Å². The highest BCUT2D eigenvalue weighted by molar-refractivity contribution is 6.37. The number of hydrogen-bond donors (Lipinski definition) is 1. The van der Waals surface area contributed by atoms with E-state index in [2.05, 4.69) is 9.73 Å². The van der Waals surface area contributed by atoms with E-state index in [9.17, 15) is 19.5 Å². The van der Waals surface area contributed by atoms with Crippen molar-refractivity contribution in [1.82, 2.24) is 0 Å². The number of ketones is 1. The fraction of sp³-hybridized carbons (Fsp3) is 0.364. The Hall–Kier alpha value is -3.22. The first-order chi connectivity index (χ1) is 13.7. The molecular weight excluding hydrogens is 374 g/mol. The molecule has 1 aromatic rings. The third kappa shape index (κ3) is 5.63. The second-order valence-electron chi connectivity index (χ2n) is 7.49. The van der Waals surface area contributed by atoms with E-state index < -0.39 is 17.4 Å². The molecular formula is C22H25NO6. The number of nitrogens with zero attached hydrogens (tertiary/aromatic N) is 1. The summed E-state index contributed by atoms with van der Waals surface area (Å²) < 4.78 is 9.40. The lowest BCUT2D eigenvalue weighted by Gasteiger charge is -2.30. The van der Waals surface area contributed by atoms with Crippen LogP contribution in [0.4, 0.5) is 0 Å². The molecule has 2 rings (SSSR count). The third-order valence-corrected chi connectivity index (χ3v) is 4.48. The molecule has 7 heteroatoms. The van der Waals surface area contributed by atoms with Crippen molar-refractivity contribution in [3.63, 3.8) is 0 Å². The third-order valence-electron chi connectivity index (χ3n) is 4.48. The van der Waals surface area contributed by atoms with Crippen molar-refractivity contribution in [2.24, 2.45) is 10.4 Å². The lowest BCUT2D eigenvalue weighted by Crippen LogP contribution is -2.31. The minimum absolute atomic E-state index is 0.0687. The van der Waals surface area contributed by atoms with Gasteiger partial charge in [0.05, 0.1) is 37.6 Å². The highest BCUT2D eigenvalue weighted by Crippen LogP contribution is 2.37. The minimum Gasteiger partial charge on any atom is -0.511 e. The number of aliphatic hydroxyl groups is 1. The molecule has 0 saturated heterocycles. The van der Waals surface area contributed by atoms with E-state index in [0.29, 0.717) is 0 Å². The molecule has 154 valence electrons. The molecule has 29 heavy (non-hydrogen) atoms. The largest absolute Gasteiger partial charge is 0.511 e. The maximum atomic E-state index is 12.8. The van der Waals surface area contributed by atoms with Gasteiger partial charge in [-0.1, -0.05) is 44.2 Å². The molecule has 0 amide bonds. The molecule has 7 nitrogen and oxygen atoms in total. The molecule has 0 atom stereocenters. The fourth-order valence-electron chi connectivity index (χ4n) is 3.12. The molecule has 0 spiro atoms. The van der Waals surface area contributed by atoms with Crippen LogP contribution in [0.1, 0.15) is 32.3 Å². The van der Waals surface area contributed by atoms with Crippen molar-refractivity contribution in [2.45, 2.75) is 33.2 Å². The molecule has 0 heterocycles. The van der Waals surface area contributed by atoms with Gasteiger partial charge in [-0.2, -0.15) is 0 Å². The lowest BCUT2D eigenvalue weighted by atomic mass is 9.75. The Morgan fingerprint density at radius 1 is 1.14 bits per heavy atom. The molecule has 0 aliphatic heterocycles. The van der Waals surface area contributed by atoms with Gasteiger partial charge in [-0.25, -0.2) is 9.59 Å². The number of ether oxygens (including phenoxy) is 2. The first-order valence-corrected chi connectivity index (χ1v) is 9.11. The molecule has 1 N–H and O–H groups in total. The molecule has 0 bridgehead atoms. The van der Waals surface area contributed by atoms with E-state index in [1.165, 1.54) is 7.11 Å². The van der Waals surface area contributed by atoms with Gasteiger partial charge in [-0.3, -0.25) is 9.79 Å². The summed E-state index contributed by atoms with van der Waals surface area (Å²) in [6.07, 6.45) is 1.33. The zero-order valence-electron chi connectivity index (χ0n) is 17.0. The minimum atomic E-state index is -0.861. The normalized spacial score (nSPS) is 17.2. The van der Waals surface area contributed by atoms with E-state index in [1.807, 2.05) is 44.2 Å². The molecule has 0 radical (unpaired) electrons. The van der Waals surface area contributed by atoms with E-state index in [4.69, 9.17) is 4.74 Å². The fourth-order valence-corrected chi connectivity index (χ4v) is 3.12. The standard InChI is InChI=1S/C22H25NO6/c1-22(2)11-16(24)19(17(25)12-22)20(23-13-14-8-6-5-7-9-14)15(21(27)29-4)10-18(26)28-3/h5-10,24H,11-13H2,1-4H3/b15-10+,23-20?. The van der Waals surface area contributed by atoms with Crippen LogP contribution in [0.2, 0.25) is 0 Å². The number of hydrogen-bond acceptors (Lipinski definition) is 7. The highest BCUT2D eigenvalue weighted by Gasteiger charge is 2.37. The van der Waals surface area contributed by atoms with Crippen molar-refractivity contribution in [1.29, 1.82) is 0 Å². The van der Waals surface area contributed by atoms with Crippen LogP contribution < -0.4 is 0 Å². The van der Waals surface area contributed by atoms with E-state index in [0.717, 1.165) is 18.7 Å². The van der Waals surface area contributed by atoms with Gasteiger partial charge in [0.1, 0.15) is 5.76 Å². The van der Waals surface area contributed by atoms with Crippen LogP contribution in [0.25, 0.3) is 0 Å². The van der Waals surface area contributed by atoms with Crippen LogP contribution in [-0.2, 0) is 30.4 Å². The number of Topliss-reactive ketones (excluding diaryl/α,β-unsaturated/α-hetero) is 1. The van der Waals surface area contributed by atoms with Gasteiger partial charge < -0.3 is 14.6 Å². The number of methoxy groups -OCH3 is 2. The summed E-state index contributed by atoms with van der Waals surface area (Å²) >= 11 is 0. The highest BCUT2D eigenvalue weighted by atomic mass is 16.5. The van der Waals surface area contributed by atoms with E-state index in [1.54, 1.807) is 0 Å². The van der Waals surface area contributed by atoms with Gasteiger partial charge >= 0.3 is 11.9 Å². The first-order valence-electron chi connectivity index (χ1n) is 9.11. The molecule has 1 aliphatic carbocycles. The number of aliphatic hydroxyl groups excluding tert-OH is 1. The van der Waals surface area contributed by atoms with Crippen LogP contribution in [0.5, 0.6) is 0 Å². The zero-order valence-corrected chi connectivity index (χ0v) is 17.0. The van der Waals surface area contributed by atoms with E-state index >= 15 is 0 Å². The van der Waals surface area contributed by atoms with Crippen molar-refractivity contribution >= 4 is 23.4 Å². The van der Waals surface area contributed by atoms with Crippen molar-refractivity contribution in [3.05, 3.63) is 58.9 Å². The zero-order chi connectivity index (χ0) is 21.6. The van der Waals surface area contributed by atoms with Gasteiger partial charge in [0.25, 0.3) is 0 Å². The van der Waals surface area contributed by atoms with Gasteiger partial charge in [0, 0.05) is 18.9 Å². The van der Waals surface area contributed by atoms with Crippen molar-refractivity contribution in [3.8, 4) is 0 Å². The Balaban J connectivity index is 2.64.